The molecule has 2 aromatic rings. The number of hydrogen-bond donors (Lipinski definition) is 2. The molecule has 0 saturated heterocycles. The summed E-state index contributed by atoms with van der Waals surface area (Å²) >= 11 is 5.85. The fraction of sp³-hybridized carbons (Fsp3) is 0.263. The quantitative estimate of drug-likeness (QED) is 0.714. The van der Waals surface area contributed by atoms with Crippen LogP contribution in [0.2, 0.25) is 5.02 Å². The predicted molar refractivity (Wildman–Crippen MR) is 97.0 cm³/mol. The van der Waals surface area contributed by atoms with Gasteiger partial charge in [-0.2, -0.15) is 0 Å². The summed E-state index contributed by atoms with van der Waals surface area (Å²) in [5.41, 5.74) is 0.227. The van der Waals surface area contributed by atoms with Crippen molar-refractivity contribution in [2.24, 2.45) is 5.92 Å². The minimum atomic E-state index is -1.68. The molecule has 8 heteroatoms. The molecule has 0 aliphatic heterocycles. The van der Waals surface area contributed by atoms with Gasteiger partial charge in [-0.05, 0) is 35.7 Å². The second-order valence-corrected chi connectivity index (χ2v) is 6.70. The van der Waals surface area contributed by atoms with Gasteiger partial charge in [0.2, 0.25) is 11.8 Å². The van der Waals surface area contributed by atoms with Crippen LogP contribution in [0.1, 0.15) is 25.3 Å². The Morgan fingerprint density at radius 1 is 1.00 bits per heavy atom. The third-order valence-corrected chi connectivity index (χ3v) is 4.16. The monoisotopic (exact) mass is 398 g/mol. The van der Waals surface area contributed by atoms with Gasteiger partial charge in [-0.25, -0.2) is 13.2 Å². The van der Waals surface area contributed by atoms with Gasteiger partial charge in [0, 0.05) is 5.02 Å². The molecule has 2 rings (SSSR count). The standard InChI is InChI=1S/C19H18ClF3N2O2/c1-10(2)16(11-3-5-12(20)6-4-11)19(27)24-9-15(26)25-14-8-7-13(21)17(22)18(14)23/h3-8,10,16H,9H2,1-2H3,(H,24,27)(H,25,26)/t16-/m1/s1. The highest BCUT2D eigenvalue weighted by molar-refractivity contribution is 6.30. The van der Waals surface area contributed by atoms with E-state index in [1.54, 1.807) is 24.3 Å². The minimum Gasteiger partial charge on any atom is -0.346 e. The SMILES string of the molecule is CC(C)[C@@H](C(=O)NCC(=O)Nc1ccc(F)c(F)c1F)c1ccc(Cl)cc1. The van der Waals surface area contributed by atoms with Crippen molar-refractivity contribution in [1.29, 1.82) is 0 Å². The summed E-state index contributed by atoms with van der Waals surface area (Å²) in [6.45, 7) is 3.26. The molecule has 0 aliphatic rings. The van der Waals surface area contributed by atoms with Gasteiger partial charge >= 0.3 is 0 Å². The molecular weight excluding hydrogens is 381 g/mol. The van der Waals surface area contributed by atoms with Crippen molar-refractivity contribution < 1.29 is 22.8 Å². The fourth-order valence-corrected chi connectivity index (χ4v) is 2.73. The Morgan fingerprint density at radius 3 is 2.22 bits per heavy atom. The number of hydrogen-bond acceptors (Lipinski definition) is 2. The largest absolute Gasteiger partial charge is 0.346 e. The normalized spacial score (nSPS) is 12.0. The molecule has 0 aromatic heterocycles. The summed E-state index contributed by atoms with van der Waals surface area (Å²) < 4.78 is 39.7. The van der Waals surface area contributed by atoms with Gasteiger partial charge in [0.1, 0.15) is 0 Å². The lowest BCUT2D eigenvalue weighted by Crippen LogP contribution is -2.37. The summed E-state index contributed by atoms with van der Waals surface area (Å²) in [5, 5.41) is 5.10. The zero-order chi connectivity index (χ0) is 20.1. The summed E-state index contributed by atoms with van der Waals surface area (Å²) in [6, 6.07) is 8.38. The van der Waals surface area contributed by atoms with E-state index in [0.29, 0.717) is 11.1 Å². The fourth-order valence-electron chi connectivity index (χ4n) is 2.60. The smallest absolute Gasteiger partial charge is 0.243 e. The molecule has 1 atom stereocenters. The molecule has 2 aromatic carbocycles. The van der Waals surface area contributed by atoms with Gasteiger partial charge in [-0.15, -0.1) is 0 Å². The molecule has 4 nitrogen and oxygen atoms in total. The number of rotatable bonds is 6. The molecule has 0 spiro atoms. The van der Waals surface area contributed by atoms with Crippen molar-refractivity contribution in [2.75, 3.05) is 11.9 Å². The van der Waals surface area contributed by atoms with Crippen LogP contribution in [0.4, 0.5) is 18.9 Å². The summed E-state index contributed by atoms with van der Waals surface area (Å²) in [5.74, 6) is -6.29. The third-order valence-electron chi connectivity index (χ3n) is 3.91. The minimum absolute atomic E-state index is 0.0575. The highest BCUT2D eigenvalue weighted by atomic mass is 35.5. The van der Waals surface area contributed by atoms with Gasteiger partial charge < -0.3 is 10.6 Å². The Balaban J connectivity index is 2.01. The lowest BCUT2D eigenvalue weighted by molar-refractivity contribution is -0.126. The molecule has 0 radical (unpaired) electrons. The van der Waals surface area contributed by atoms with Crippen molar-refractivity contribution in [3.05, 3.63) is 64.4 Å². The number of carbonyl (C=O) groups is 2. The molecule has 27 heavy (non-hydrogen) atoms. The van der Waals surface area contributed by atoms with Crippen LogP contribution in [0.25, 0.3) is 0 Å². The summed E-state index contributed by atoms with van der Waals surface area (Å²) in [4.78, 5) is 24.4. The first kappa shape index (κ1) is 20.8. The number of carbonyl (C=O) groups excluding carboxylic acids is 2. The van der Waals surface area contributed by atoms with E-state index in [-0.39, 0.29) is 5.92 Å². The topological polar surface area (TPSA) is 58.2 Å². The molecule has 0 aliphatic carbocycles. The second kappa shape index (κ2) is 8.90. The number of anilines is 1. The predicted octanol–water partition coefficient (Wildman–Crippen LogP) is 4.25. The molecule has 2 N–H and O–H groups in total. The van der Waals surface area contributed by atoms with Crippen molar-refractivity contribution in [2.45, 2.75) is 19.8 Å². The summed E-state index contributed by atoms with van der Waals surface area (Å²) in [6.07, 6.45) is 0. The van der Waals surface area contributed by atoms with E-state index in [9.17, 15) is 22.8 Å². The Labute approximate surface area is 159 Å². The molecule has 2 amide bonds. The van der Waals surface area contributed by atoms with Crippen LogP contribution in [0, 0.1) is 23.4 Å². The van der Waals surface area contributed by atoms with Crippen LogP contribution in [-0.2, 0) is 9.59 Å². The van der Waals surface area contributed by atoms with Crippen molar-refractivity contribution in [3.8, 4) is 0 Å². The molecule has 144 valence electrons. The van der Waals surface area contributed by atoms with Gasteiger partial charge in [-0.1, -0.05) is 37.6 Å². The van der Waals surface area contributed by atoms with Gasteiger partial charge in [0.25, 0.3) is 0 Å². The van der Waals surface area contributed by atoms with Gasteiger partial charge in [0.05, 0.1) is 18.2 Å². The maximum atomic E-state index is 13.6. The Hall–Kier alpha value is -2.54. The van der Waals surface area contributed by atoms with Crippen LogP contribution >= 0.6 is 11.6 Å². The Kier molecular flexibility index (Phi) is 6.85. The zero-order valence-corrected chi connectivity index (χ0v) is 15.4. The van der Waals surface area contributed by atoms with Crippen molar-refractivity contribution >= 4 is 29.1 Å². The van der Waals surface area contributed by atoms with Gasteiger partial charge in [-0.3, -0.25) is 9.59 Å². The highest BCUT2D eigenvalue weighted by Gasteiger charge is 2.24. The van der Waals surface area contributed by atoms with E-state index in [0.717, 1.165) is 11.6 Å². The molecule has 0 fully saturated rings. The van der Waals surface area contributed by atoms with E-state index in [4.69, 9.17) is 11.6 Å². The molecule has 0 unspecified atom stereocenters. The number of nitrogens with one attached hydrogen (secondary N) is 2. The third kappa shape index (κ3) is 5.23. The van der Waals surface area contributed by atoms with Gasteiger partial charge in [0.15, 0.2) is 17.5 Å². The van der Waals surface area contributed by atoms with Crippen LogP contribution in [-0.4, -0.2) is 18.4 Å². The zero-order valence-electron chi connectivity index (χ0n) is 14.7. The molecule has 0 heterocycles. The first-order valence-corrected chi connectivity index (χ1v) is 8.55. The van der Waals surface area contributed by atoms with E-state index >= 15 is 0 Å². The average molecular weight is 399 g/mol. The number of amides is 2. The maximum Gasteiger partial charge on any atom is 0.243 e. The highest BCUT2D eigenvalue weighted by Crippen LogP contribution is 2.26. The second-order valence-electron chi connectivity index (χ2n) is 6.26. The van der Waals surface area contributed by atoms with Crippen LogP contribution in [0.3, 0.4) is 0 Å². The molecule has 0 bridgehead atoms. The molecule has 0 saturated carbocycles. The lowest BCUT2D eigenvalue weighted by atomic mass is 9.87. The Morgan fingerprint density at radius 2 is 1.63 bits per heavy atom. The lowest BCUT2D eigenvalue weighted by Gasteiger charge is -2.20. The van der Waals surface area contributed by atoms with E-state index in [1.807, 2.05) is 13.8 Å². The van der Waals surface area contributed by atoms with E-state index in [2.05, 4.69) is 10.6 Å². The number of benzene rings is 2. The average Bonchev–Trinajstić information content (AvgIpc) is 2.62. The van der Waals surface area contributed by atoms with Crippen LogP contribution < -0.4 is 10.6 Å². The first-order chi connectivity index (χ1) is 12.7. The van der Waals surface area contributed by atoms with Crippen LogP contribution in [0.15, 0.2) is 36.4 Å². The number of halogens is 4. The van der Waals surface area contributed by atoms with Crippen LogP contribution in [0.5, 0.6) is 0 Å². The van der Waals surface area contributed by atoms with E-state index < -0.39 is 47.4 Å². The Bertz CT molecular complexity index is 842. The maximum absolute atomic E-state index is 13.6. The summed E-state index contributed by atoms with van der Waals surface area (Å²) in [7, 11) is 0. The first-order valence-electron chi connectivity index (χ1n) is 8.17. The van der Waals surface area contributed by atoms with Crippen molar-refractivity contribution in [1.82, 2.24) is 5.32 Å². The molecular formula is C19H18ClF3N2O2. The van der Waals surface area contributed by atoms with E-state index in [1.165, 1.54) is 0 Å². The van der Waals surface area contributed by atoms with Crippen molar-refractivity contribution in [3.63, 3.8) is 0 Å².